The molecule has 222 valence electrons. The van der Waals surface area contributed by atoms with E-state index in [1.165, 1.54) is 16.3 Å². The average Bonchev–Trinajstić information content (AvgIpc) is 3.54. The Hall–Kier alpha value is -6.13. The van der Waals surface area contributed by atoms with E-state index >= 15 is 0 Å². The molecular weight excluding hydrogens is 574 g/mol. The van der Waals surface area contributed by atoms with Crippen LogP contribution < -0.4 is 10.6 Å². The van der Waals surface area contributed by atoms with E-state index < -0.39 is 0 Å². The van der Waals surface area contributed by atoms with Gasteiger partial charge in [-0.2, -0.15) is 0 Å². The molecule has 0 aliphatic heterocycles. The fourth-order valence-corrected chi connectivity index (χ4v) is 6.66. The van der Waals surface area contributed by atoms with Crippen LogP contribution in [0, 0.1) is 0 Å². The lowest BCUT2D eigenvalue weighted by atomic mass is 9.97. The second-order valence-electron chi connectivity index (χ2n) is 12.0. The Morgan fingerprint density at radius 1 is 0.532 bits per heavy atom. The van der Waals surface area contributed by atoms with Crippen LogP contribution in [0.2, 0.25) is 0 Å². The van der Waals surface area contributed by atoms with Crippen LogP contribution in [-0.4, -0.2) is 15.0 Å². The molecule has 0 unspecified atom stereocenters. The van der Waals surface area contributed by atoms with E-state index in [9.17, 15) is 0 Å². The fraction of sp³-hybridized carbons (Fsp3) is 0.0465. The quantitative estimate of drug-likeness (QED) is 0.197. The third kappa shape index (κ3) is 5.01. The maximum Gasteiger partial charge on any atom is 0.160 e. The number of rotatable bonds is 5. The number of pyridine rings is 1. The van der Waals surface area contributed by atoms with Gasteiger partial charge in [-0.3, -0.25) is 4.98 Å². The van der Waals surface area contributed by atoms with Gasteiger partial charge < -0.3 is 4.42 Å². The molecule has 9 rings (SSSR count). The molecule has 4 heteroatoms. The van der Waals surface area contributed by atoms with E-state index in [1.807, 2.05) is 24.4 Å². The molecule has 0 radical (unpaired) electrons. The van der Waals surface area contributed by atoms with Gasteiger partial charge in [0.2, 0.25) is 0 Å². The standard InChI is InChI=1S/C43H29N3O/c1-2-9-31-24-33(22-19-28(31)8-1)29-17-20-30(21-18-29)43-45-39(34-11-5-10-32(25-34)35-12-7-23-44-27-35)26-40(46-43)38-15-6-14-37-36-13-3-4-16-41(36)47-42(37)38/h1-5,7-14,16-27H,6,15H2. The summed E-state index contributed by atoms with van der Waals surface area (Å²) in [6.45, 7) is 0. The first-order valence-corrected chi connectivity index (χ1v) is 16.0. The summed E-state index contributed by atoms with van der Waals surface area (Å²) < 4.78 is 6.49. The first-order chi connectivity index (χ1) is 23.3. The predicted octanol–water partition coefficient (Wildman–Crippen LogP) is 9.21. The van der Waals surface area contributed by atoms with Crippen LogP contribution in [0.4, 0.5) is 0 Å². The first kappa shape index (κ1) is 27.2. The van der Waals surface area contributed by atoms with Crippen LogP contribution in [0.25, 0.3) is 78.3 Å². The van der Waals surface area contributed by atoms with Crippen molar-refractivity contribution < 1.29 is 4.42 Å². The number of benzene rings is 5. The molecule has 3 heterocycles. The highest BCUT2D eigenvalue weighted by Gasteiger charge is 2.18. The van der Waals surface area contributed by atoms with Crippen molar-refractivity contribution >= 4 is 33.4 Å². The molecule has 0 N–H and O–H groups in total. The minimum atomic E-state index is 0.689. The van der Waals surface area contributed by atoms with Gasteiger partial charge >= 0.3 is 0 Å². The molecule has 47 heavy (non-hydrogen) atoms. The lowest BCUT2D eigenvalue weighted by Crippen LogP contribution is -2.26. The van der Waals surface area contributed by atoms with Crippen LogP contribution >= 0.6 is 0 Å². The monoisotopic (exact) mass is 603 g/mol. The zero-order valence-corrected chi connectivity index (χ0v) is 25.6. The number of aromatic nitrogens is 3. The van der Waals surface area contributed by atoms with E-state index in [4.69, 9.17) is 14.4 Å². The summed E-state index contributed by atoms with van der Waals surface area (Å²) in [6.07, 6.45) is 7.75. The molecule has 0 amide bonds. The Morgan fingerprint density at radius 2 is 1.28 bits per heavy atom. The number of fused-ring (bicyclic) bond motifs is 4. The molecule has 0 saturated carbocycles. The van der Waals surface area contributed by atoms with Gasteiger partial charge in [-0.25, -0.2) is 9.97 Å². The lowest BCUT2D eigenvalue weighted by Gasteiger charge is -2.13. The van der Waals surface area contributed by atoms with Gasteiger partial charge in [0.1, 0.15) is 11.0 Å². The molecule has 0 spiro atoms. The third-order valence-corrected chi connectivity index (χ3v) is 9.07. The number of furan rings is 1. The maximum atomic E-state index is 6.49. The van der Waals surface area contributed by atoms with Gasteiger partial charge in [0.25, 0.3) is 0 Å². The van der Waals surface area contributed by atoms with Crippen molar-refractivity contribution in [3.8, 4) is 44.9 Å². The van der Waals surface area contributed by atoms with E-state index in [1.54, 1.807) is 6.20 Å². The Labute approximate surface area is 272 Å². The van der Waals surface area contributed by atoms with Crippen LogP contribution in [0.5, 0.6) is 0 Å². The molecule has 5 aromatic carbocycles. The molecule has 0 atom stereocenters. The summed E-state index contributed by atoms with van der Waals surface area (Å²) in [5.74, 6) is 0.689. The second kappa shape index (κ2) is 11.3. The largest absolute Gasteiger partial charge is 0.456 e. The van der Waals surface area contributed by atoms with Gasteiger partial charge in [-0.1, -0.05) is 109 Å². The minimum Gasteiger partial charge on any atom is -0.456 e. The van der Waals surface area contributed by atoms with Crippen molar-refractivity contribution in [3.05, 3.63) is 162 Å². The molecule has 0 saturated heterocycles. The van der Waals surface area contributed by atoms with Crippen molar-refractivity contribution in [3.63, 3.8) is 0 Å². The summed E-state index contributed by atoms with van der Waals surface area (Å²) in [5, 5.41) is 4.77. The van der Waals surface area contributed by atoms with Crippen LogP contribution in [0.3, 0.4) is 0 Å². The Kier molecular flexibility index (Phi) is 6.57. The SMILES string of the molecule is C1=c2c(oc3ccccc23)=C(c2cc(-c3cccc(-c4cccnc4)c3)nc(-c3ccc(-c4ccc5ccccc5c4)cc3)n2)CC1. The predicted molar refractivity (Wildman–Crippen MR) is 191 cm³/mol. The average molecular weight is 604 g/mol. The number of para-hydroxylation sites is 1. The third-order valence-electron chi connectivity index (χ3n) is 9.07. The molecular formula is C43H29N3O. The number of hydrogen-bond donors (Lipinski definition) is 0. The molecule has 0 fully saturated rings. The summed E-state index contributed by atoms with van der Waals surface area (Å²) in [7, 11) is 0. The molecule has 1 aliphatic carbocycles. The fourth-order valence-electron chi connectivity index (χ4n) is 6.66. The van der Waals surface area contributed by atoms with E-state index in [2.05, 4.69) is 126 Å². The zero-order valence-electron chi connectivity index (χ0n) is 25.6. The normalized spacial score (nSPS) is 12.6. The van der Waals surface area contributed by atoms with Gasteiger partial charge in [0.15, 0.2) is 5.82 Å². The minimum absolute atomic E-state index is 0.689. The second-order valence-corrected chi connectivity index (χ2v) is 12.0. The molecule has 4 nitrogen and oxygen atoms in total. The van der Waals surface area contributed by atoms with Crippen LogP contribution in [-0.2, 0) is 0 Å². The maximum absolute atomic E-state index is 6.49. The Morgan fingerprint density at radius 3 is 2.17 bits per heavy atom. The van der Waals surface area contributed by atoms with Crippen molar-refractivity contribution in [2.75, 3.05) is 0 Å². The molecule has 1 aliphatic rings. The zero-order chi connectivity index (χ0) is 31.2. The summed E-state index contributed by atoms with van der Waals surface area (Å²) >= 11 is 0. The summed E-state index contributed by atoms with van der Waals surface area (Å²) in [6, 6.07) is 46.6. The van der Waals surface area contributed by atoms with Crippen LogP contribution in [0.15, 0.2) is 150 Å². The molecule has 3 aromatic heterocycles. The first-order valence-electron chi connectivity index (χ1n) is 16.0. The molecule has 0 bridgehead atoms. The van der Waals surface area contributed by atoms with Gasteiger partial charge in [-0.05, 0) is 70.6 Å². The smallest absolute Gasteiger partial charge is 0.160 e. The van der Waals surface area contributed by atoms with E-state index in [0.717, 1.165) is 79.2 Å². The Balaban J connectivity index is 1.20. The molecule has 8 aromatic rings. The number of nitrogens with zero attached hydrogens (tertiary/aromatic N) is 3. The van der Waals surface area contributed by atoms with Crippen molar-refractivity contribution in [2.24, 2.45) is 0 Å². The van der Waals surface area contributed by atoms with Gasteiger partial charge in [0.05, 0.1) is 11.4 Å². The van der Waals surface area contributed by atoms with Gasteiger partial charge in [0, 0.05) is 45.3 Å². The van der Waals surface area contributed by atoms with E-state index in [0.29, 0.717) is 5.82 Å². The lowest BCUT2D eigenvalue weighted by molar-refractivity contribution is 0.568. The van der Waals surface area contributed by atoms with Crippen molar-refractivity contribution in [1.82, 2.24) is 15.0 Å². The van der Waals surface area contributed by atoms with Crippen LogP contribution in [0.1, 0.15) is 18.5 Å². The van der Waals surface area contributed by atoms with Crippen molar-refractivity contribution in [2.45, 2.75) is 12.8 Å². The highest BCUT2D eigenvalue weighted by atomic mass is 16.3. The topological polar surface area (TPSA) is 51.8 Å². The summed E-state index contributed by atoms with van der Waals surface area (Å²) in [5.41, 5.74) is 11.2. The summed E-state index contributed by atoms with van der Waals surface area (Å²) in [4.78, 5) is 14.7. The highest BCUT2D eigenvalue weighted by molar-refractivity contribution is 5.88. The Bertz CT molecular complexity index is 2570. The van der Waals surface area contributed by atoms with Gasteiger partial charge in [-0.15, -0.1) is 0 Å². The number of hydrogen-bond acceptors (Lipinski definition) is 4. The van der Waals surface area contributed by atoms with E-state index in [-0.39, 0.29) is 0 Å². The highest BCUT2D eigenvalue weighted by Crippen LogP contribution is 2.31. The van der Waals surface area contributed by atoms with Crippen molar-refractivity contribution in [1.29, 1.82) is 0 Å².